The standard InChI is InChI=1S/C22H20O3/c1-22(2,17-12-7-4-8-13-17)20-18(16-10-5-3-6-11-16)14-9-15-19(20)25-21(23)24/h3-15H,1-2H3,(H,23,24). The third-order valence-corrected chi connectivity index (χ3v) is 4.43. The first-order valence-corrected chi connectivity index (χ1v) is 8.15. The fourth-order valence-corrected chi connectivity index (χ4v) is 3.21. The van der Waals surface area contributed by atoms with Gasteiger partial charge in [0.25, 0.3) is 0 Å². The molecule has 0 saturated heterocycles. The minimum Gasteiger partial charge on any atom is -0.449 e. The molecule has 0 fully saturated rings. The van der Waals surface area contributed by atoms with Crippen LogP contribution in [0.3, 0.4) is 0 Å². The Morgan fingerprint density at radius 3 is 2.04 bits per heavy atom. The molecule has 3 heteroatoms. The lowest BCUT2D eigenvalue weighted by atomic mass is 9.74. The molecule has 1 N–H and O–H groups in total. The quantitative estimate of drug-likeness (QED) is 0.490. The van der Waals surface area contributed by atoms with Gasteiger partial charge in [-0.1, -0.05) is 86.6 Å². The van der Waals surface area contributed by atoms with Crippen LogP contribution in [0.25, 0.3) is 11.1 Å². The molecule has 0 saturated carbocycles. The SMILES string of the molecule is CC(C)(c1ccccc1)c1c(OC(=O)O)cccc1-c1ccccc1. The maximum atomic E-state index is 11.2. The first-order chi connectivity index (χ1) is 12.0. The zero-order chi connectivity index (χ0) is 17.9. The van der Waals surface area contributed by atoms with Crippen LogP contribution < -0.4 is 4.74 Å². The third-order valence-electron chi connectivity index (χ3n) is 4.43. The van der Waals surface area contributed by atoms with Crippen molar-refractivity contribution in [3.8, 4) is 16.9 Å². The van der Waals surface area contributed by atoms with Crippen molar-refractivity contribution in [1.82, 2.24) is 0 Å². The Hall–Kier alpha value is -3.07. The average Bonchev–Trinajstić information content (AvgIpc) is 2.62. The molecule has 3 aromatic carbocycles. The van der Waals surface area contributed by atoms with Crippen molar-refractivity contribution in [2.75, 3.05) is 0 Å². The van der Waals surface area contributed by atoms with E-state index >= 15 is 0 Å². The normalized spacial score (nSPS) is 11.1. The monoisotopic (exact) mass is 332 g/mol. The zero-order valence-corrected chi connectivity index (χ0v) is 14.3. The maximum Gasteiger partial charge on any atom is 0.511 e. The van der Waals surface area contributed by atoms with Gasteiger partial charge in [0.15, 0.2) is 0 Å². The highest BCUT2D eigenvalue weighted by molar-refractivity contribution is 5.75. The molecule has 0 amide bonds. The Balaban J connectivity index is 2.26. The van der Waals surface area contributed by atoms with Gasteiger partial charge in [0, 0.05) is 11.0 Å². The van der Waals surface area contributed by atoms with Crippen molar-refractivity contribution in [1.29, 1.82) is 0 Å². The second-order valence-corrected chi connectivity index (χ2v) is 6.40. The molecule has 0 heterocycles. The summed E-state index contributed by atoms with van der Waals surface area (Å²) in [5.41, 5.74) is 3.51. The van der Waals surface area contributed by atoms with Gasteiger partial charge in [-0.2, -0.15) is 0 Å². The minimum atomic E-state index is -1.31. The molecule has 0 radical (unpaired) electrons. The molecule has 0 bridgehead atoms. The largest absolute Gasteiger partial charge is 0.511 e. The molecule has 0 atom stereocenters. The summed E-state index contributed by atoms with van der Waals surface area (Å²) < 4.78 is 5.13. The van der Waals surface area contributed by atoms with Gasteiger partial charge in [-0.05, 0) is 22.8 Å². The lowest BCUT2D eigenvalue weighted by Crippen LogP contribution is -2.22. The van der Waals surface area contributed by atoms with E-state index in [1.165, 1.54) is 0 Å². The minimum absolute atomic E-state index is 0.364. The fraction of sp³-hybridized carbons (Fsp3) is 0.136. The van der Waals surface area contributed by atoms with E-state index in [2.05, 4.69) is 13.8 Å². The van der Waals surface area contributed by atoms with E-state index in [9.17, 15) is 4.79 Å². The molecule has 0 aliphatic carbocycles. The van der Waals surface area contributed by atoms with E-state index in [4.69, 9.17) is 9.84 Å². The molecule has 0 unspecified atom stereocenters. The number of carboxylic acid groups (broad SMARTS) is 1. The molecule has 25 heavy (non-hydrogen) atoms. The predicted octanol–water partition coefficient (Wildman–Crippen LogP) is 5.74. The highest BCUT2D eigenvalue weighted by Gasteiger charge is 2.30. The van der Waals surface area contributed by atoms with E-state index in [1.807, 2.05) is 72.8 Å². The van der Waals surface area contributed by atoms with Crippen LogP contribution in [0.2, 0.25) is 0 Å². The number of hydrogen-bond acceptors (Lipinski definition) is 2. The van der Waals surface area contributed by atoms with Gasteiger partial charge in [0.05, 0.1) is 0 Å². The molecule has 126 valence electrons. The summed E-state index contributed by atoms with van der Waals surface area (Å²) in [6.07, 6.45) is -1.31. The molecule has 3 aromatic rings. The van der Waals surface area contributed by atoms with Crippen LogP contribution >= 0.6 is 0 Å². The summed E-state index contributed by atoms with van der Waals surface area (Å²) in [5, 5.41) is 9.17. The number of ether oxygens (including phenoxy) is 1. The molecular formula is C22H20O3. The zero-order valence-electron chi connectivity index (χ0n) is 14.3. The van der Waals surface area contributed by atoms with E-state index in [1.54, 1.807) is 6.07 Å². The van der Waals surface area contributed by atoms with Gasteiger partial charge in [-0.15, -0.1) is 0 Å². The Bertz CT molecular complexity index is 868. The predicted molar refractivity (Wildman–Crippen MR) is 99.1 cm³/mol. The number of hydrogen-bond donors (Lipinski definition) is 1. The summed E-state index contributed by atoms with van der Waals surface area (Å²) in [7, 11) is 0. The first kappa shape index (κ1) is 16.8. The highest BCUT2D eigenvalue weighted by Crippen LogP contribution is 2.43. The topological polar surface area (TPSA) is 46.5 Å². The highest BCUT2D eigenvalue weighted by atomic mass is 16.7. The van der Waals surface area contributed by atoms with E-state index < -0.39 is 11.6 Å². The Labute approximate surface area is 147 Å². The van der Waals surface area contributed by atoms with Gasteiger partial charge in [0.2, 0.25) is 0 Å². The maximum absolute atomic E-state index is 11.2. The van der Waals surface area contributed by atoms with Gasteiger partial charge in [0.1, 0.15) is 5.75 Å². The van der Waals surface area contributed by atoms with Crippen LogP contribution in [0.1, 0.15) is 25.0 Å². The van der Waals surface area contributed by atoms with Crippen LogP contribution in [0.15, 0.2) is 78.9 Å². The summed E-state index contributed by atoms with van der Waals surface area (Å²) in [6, 6.07) is 25.5. The number of carbonyl (C=O) groups is 1. The van der Waals surface area contributed by atoms with Crippen LogP contribution in [0.5, 0.6) is 5.75 Å². The summed E-state index contributed by atoms with van der Waals surface area (Å²) in [4.78, 5) is 11.2. The van der Waals surface area contributed by atoms with Crippen LogP contribution in [0.4, 0.5) is 4.79 Å². The average molecular weight is 332 g/mol. The van der Waals surface area contributed by atoms with Crippen LogP contribution in [0, 0.1) is 0 Å². The van der Waals surface area contributed by atoms with Crippen LogP contribution in [-0.4, -0.2) is 11.3 Å². The van der Waals surface area contributed by atoms with Crippen molar-refractivity contribution in [3.05, 3.63) is 90.0 Å². The van der Waals surface area contributed by atoms with Crippen LogP contribution in [-0.2, 0) is 5.41 Å². The van der Waals surface area contributed by atoms with Crippen molar-refractivity contribution in [2.24, 2.45) is 0 Å². The molecule has 3 nitrogen and oxygen atoms in total. The van der Waals surface area contributed by atoms with E-state index in [0.717, 1.165) is 22.3 Å². The molecule has 3 rings (SSSR count). The summed E-state index contributed by atoms with van der Waals surface area (Å²) in [5.74, 6) is 0.364. The molecular weight excluding hydrogens is 312 g/mol. The lowest BCUT2D eigenvalue weighted by Gasteiger charge is -2.30. The second-order valence-electron chi connectivity index (χ2n) is 6.40. The second kappa shape index (κ2) is 6.81. The van der Waals surface area contributed by atoms with Gasteiger partial charge < -0.3 is 9.84 Å². The van der Waals surface area contributed by atoms with Crippen molar-refractivity contribution in [2.45, 2.75) is 19.3 Å². The van der Waals surface area contributed by atoms with Crippen molar-refractivity contribution >= 4 is 6.16 Å². The van der Waals surface area contributed by atoms with Gasteiger partial charge >= 0.3 is 6.16 Å². The molecule has 0 spiro atoms. The van der Waals surface area contributed by atoms with E-state index in [0.29, 0.717) is 5.75 Å². The van der Waals surface area contributed by atoms with Gasteiger partial charge in [-0.25, -0.2) is 4.79 Å². The molecule has 0 aromatic heterocycles. The third kappa shape index (κ3) is 3.41. The van der Waals surface area contributed by atoms with Crippen molar-refractivity contribution < 1.29 is 14.6 Å². The fourth-order valence-electron chi connectivity index (χ4n) is 3.21. The first-order valence-electron chi connectivity index (χ1n) is 8.15. The van der Waals surface area contributed by atoms with Gasteiger partial charge in [-0.3, -0.25) is 0 Å². The Morgan fingerprint density at radius 2 is 1.44 bits per heavy atom. The van der Waals surface area contributed by atoms with E-state index in [-0.39, 0.29) is 0 Å². The Morgan fingerprint density at radius 1 is 0.840 bits per heavy atom. The lowest BCUT2D eigenvalue weighted by molar-refractivity contribution is 0.143. The molecule has 0 aliphatic heterocycles. The Kier molecular flexibility index (Phi) is 4.57. The summed E-state index contributed by atoms with van der Waals surface area (Å²) >= 11 is 0. The number of benzene rings is 3. The summed E-state index contributed by atoms with van der Waals surface area (Å²) in [6.45, 7) is 4.16. The van der Waals surface area contributed by atoms with Crippen molar-refractivity contribution in [3.63, 3.8) is 0 Å². The molecule has 0 aliphatic rings. The number of rotatable bonds is 4. The smallest absolute Gasteiger partial charge is 0.449 e.